The Morgan fingerprint density at radius 3 is 2.26 bits per heavy atom. The van der Waals surface area contributed by atoms with Crippen molar-refractivity contribution in [3.63, 3.8) is 0 Å². The molecule has 0 saturated heterocycles. The van der Waals surface area contributed by atoms with E-state index in [4.69, 9.17) is 11.6 Å². The van der Waals surface area contributed by atoms with E-state index >= 15 is 0 Å². The van der Waals surface area contributed by atoms with Crippen LogP contribution in [0.3, 0.4) is 0 Å². The molecule has 2 aromatic carbocycles. The number of hydrogen-bond acceptors (Lipinski definition) is 3. The van der Waals surface area contributed by atoms with Gasteiger partial charge in [0.25, 0.3) is 0 Å². The molecule has 0 unspecified atom stereocenters. The van der Waals surface area contributed by atoms with E-state index in [1.165, 1.54) is 24.3 Å². The highest BCUT2D eigenvalue weighted by Gasteiger charge is 2.14. The van der Waals surface area contributed by atoms with Gasteiger partial charge in [-0.3, -0.25) is 4.79 Å². The third-order valence-corrected chi connectivity index (χ3v) is 5.34. The van der Waals surface area contributed by atoms with Crippen LogP contribution in [0.4, 0.5) is 5.69 Å². The van der Waals surface area contributed by atoms with Crippen LogP contribution >= 0.6 is 34.2 Å². The molecule has 0 radical (unpaired) electrons. The van der Waals surface area contributed by atoms with Crippen LogP contribution in [-0.4, -0.2) is 20.9 Å². The number of halogens is 2. The van der Waals surface area contributed by atoms with Gasteiger partial charge in [-0.1, -0.05) is 11.6 Å². The molecule has 0 fully saturated rings. The van der Waals surface area contributed by atoms with Crippen molar-refractivity contribution < 1.29 is 13.2 Å². The Balaban J connectivity index is 1.85. The summed E-state index contributed by atoms with van der Waals surface area (Å²) in [5.41, 5.74) is 0.677. The Hall–Kier alpha value is -1.16. The molecule has 1 amide bonds. The van der Waals surface area contributed by atoms with Gasteiger partial charge in [0.2, 0.25) is 15.9 Å². The first-order chi connectivity index (χ1) is 10.9. The van der Waals surface area contributed by atoms with Crippen LogP contribution in [-0.2, 0) is 14.8 Å². The highest BCUT2D eigenvalue weighted by Crippen LogP contribution is 2.14. The van der Waals surface area contributed by atoms with Crippen LogP contribution in [0.1, 0.15) is 6.42 Å². The first-order valence-electron chi connectivity index (χ1n) is 6.67. The quantitative estimate of drug-likeness (QED) is 0.645. The molecular weight excluding hydrogens is 451 g/mol. The van der Waals surface area contributed by atoms with E-state index in [9.17, 15) is 13.2 Å². The summed E-state index contributed by atoms with van der Waals surface area (Å²) in [6, 6.07) is 13.2. The fourth-order valence-electron chi connectivity index (χ4n) is 1.75. The van der Waals surface area contributed by atoms with Crippen molar-refractivity contribution in [2.24, 2.45) is 0 Å². The van der Waals surface area contributed by atoms with Gasteiger partial charge in [-0.2, -0.15) is 0 Å². The molecule has 2 rings (SSSR count). The third kappa shape index (κ3) is 5.76. The van der Waals surface area contributed by atoms with Crippen molar-refractivity contribution >= 4 is 55.8 Å². The summed E-state index contributed by atoms with van der Waals surface area (Å²) in [5.74, 6) is -0.259. The molecule has 0 aliphatic heterocycles. The summed E-state index contributed by atoms with van der Waals surface area (Å²) in [5, 5.41) is 3.17. The van der Waals surface area contributed by atoms with Crippen molar-refractivity contribution in [2.45, 2.75) is 11.3 Å². The maximum atomic E-state index is 12.0. The lowest BCUT2D eigenvalue weighted by Crippen LogP contribution is -2.27. The lowest BCUT2D eigenvalue weighted by Gasteiger charge is -2.08. The largest absolute Gasteiger partial charge is 0.326 e. The molecule has 2 aromatic rings. The minimum atomic E-state index is -3.64. The second kappa shape index (κ2) is 8.09. The molecule has 5 nitrogen and oxygen atoms in total. The first kappa shape index (κ1) is 18.2. The van der Waals surface area contributed by atoms with Crippen molar-refractivity contribution in [2.75, 3.05) is 11.9 Å². The van der Waals surface area contributed by atoms with Crippen LogP contribution < -0.4 is 10.0 Å². The number of amides is 1. The van der Waals surface area contributed by atoms with Gasteiger partial charge in [-0.05, 0) is 71.1 Å². The molecule has 0 heterocycles. The number of sulfonamides is 1. The van der Waals surface area contributed by atoms with Gasteiger partial charge in [0.1, 0.15) is 0 Å². The average molecular weight is 465 g/mol. The molecular formula is C15H14ClIN2O3S. The van der Waals surface area contributed by atoms with Gasteiger partial charge in [0.05, 0.1) is 4.90 Å². The number of hydrogen-bond donors (Lipinski definition) is 2. The van der Waals surface area contributed by atoms with E-state index in [2.05, 4.69) is 32.6 Å². The molecule has 0 aliphatic rings. The van der Waals surface area contributed by atoms with Crippen molar-refractivity contribution in [1.29, 1.82) is 0 Å². The zero-order chi connectivity index (χ0) is 16.9. The lowest BCUT2D eigenvalue weighted by atomic mass is 10.3. The van der Waals surface area contributed by atoms with E-state index in [-0.39, 0.29) is 23.8 Å². The molecule has 0 saturated carbocycles. The molecule has 0 atom stereocenters. The van der Waals surface area contributed by atoms with Crippen LogP contribution in [0, 0.1) is 3.57 Å². The summed E-state index contributed by atoms with van der Waals surface area (Å²) < 4.78 is 27.5. The molecule has 0 aromatic heterocycles. The fourth-order valence-corrected chi connectivity index (χ4v) is 3.27. The van der Waals surface area contributed by atoms with Crippen LogP contribution in [0.2, 0.25) is 5.02 Å². The number of carbonyl (C=O) groups is 1. The molecule has 8 heteroatoms. The van der Waals surface area contributed by atoms with Gasteiger partial charge < -0.3 is 5.32 Å². The summed E-state index contributed by atoms with van der Waals surface area (Å²) in [7, 11) is -3.64. The predicted molar refractivity (Wildman–Crippen MR) is 99.0 cm³/mol. The van der Waals surface area contributed by atoms with E-state index < -0.39 is 10.0 Å². The maximum Gasteiger partial charge on any atom is 0.240 e. The molecule has 0 spiro atoms. The summed E-state index contributed by atoms with van der Waals surface area (Å²) in [6.45, 7) is 0.0150. The van der Waals surface area contributed by atoms with E-state index in [1.54, 1.807) is 12.1 Å². The van der Waals surface area contributed by atoms with Crippen LogP contribution in [0.25, 0.3) is 0 Å². The normalized spacial score (nSPS) is 11.2. The number of carbonyl (C=O) groups excluding carboxylic acids is 1. The van der Waals surface area contributed by atoms with E-state index in [1.807, 2.05) is 12.1 Å². The van der Waals surface area contributed by atoms with Crippen LogP contribution in [0.5, 0.6) is 0 Å². The van der Waals surface area contributed by atoms with Gasteiger partial charge in [-0.15, -0.1) is 0 Å². The highest BCUT2D eigenvalue weighted by atomic mass is 127. The predicted octanol–water partition coefficient (Wildman–Crippen LogP) is 3.25. The zero-order valence-corrected chi connectivity index (χ0v) is 15.7. The Morgan fingerprint density at radius 1 is 1.04 bits per heavy atom. The molecule has 122 valence electrons. The Morgan fingerprint density at radius 2 is 1.65 bits per heavy atom. The van der Waals surface area contributed by atoms with Gasteiger partial charge in [0, 0.05) is 27.2 Å². The maximum absolute atomic E-state index is 12.0. The summed E-state index contributed by atoms with van der Waals surface area (Å²) in [4.78, 5) is 11.9. The Bertz CT molecular complexity index is 777. The monoisotopic (exact) mass is 464 g/mol. The fraction of sp³-hybridized carbons (Fsp3) is 0.133. The van der Waals surface area contributed by atoms with E-state index in [0.29, 0.717) is 10.7 Å². The second-order valence-corrected chi connectivity index (χ2v) is 8.11. The second-order valence-electron chi connectivity index (χ2n) is 4.66. The molecule has 2 N–H and O–H groups in total. The Labute approximate surface area is 153 Å². The van der Waals surface area contributed by atoms with Gasteiger partial charge in [0.15, 0.2) is 0 Å². The van der Waals surface area contributed by atoms with E-state index in [0.717, 1.165) is 3.57 Å². The third-order valence-electron chi connectivity index (χ3n) is 2.90. The van der Waals surface area contributed by atoms with Crippen molar-refractivity contribution in [1.82, 2.24) is 4.72 Å². The van der Waals surface area contributed by atoms with Gasteiger partial charge >= 0.3 is 0 Å². The molecule has 23 heavy (non-hydrogen) atoms. The number of nitrogens with one attached hydrogen (secondary N) is 2. The lowest BCUT2D eigenvalue weighted by molar-refractivity contribution is -0.116. The SMILES string of the molecule is O=C(CCNS(=O)(=O)c1ccc(Cl)cc1)Nc1ccc(I)cc1. The number of benzene rings is 2. The minimum absolute atomic E-state index is 0.0150. The topological polar surface area (TPSA) is 75.3 Å². The Kier molecular flexibility index (Phi) is 6.40. The number of anilines is 1. The molecule has 0 aliphatic carbocycles. The summed E-state index contributed by atoms with van der Waals surface area (Å²) >= 11 is 7.90. The highest BCUT2D eigenvalue weighted by molar-refractivity contribution is 14.1. The number of rotatable bonds is 6. The van der Waals surface area contributed by atoms with Crippen molar-refractivity contribution in [3.05, 3.63) is 57.1 Å². The average Bonchev–Trinajstić information content (AvgIpc) is 2.50. The van der Waals surface area contributed by atoms with Gasteiger partial charge in [-0.25, -0.2) is 13.1 Å². The smallest absolute Gasteiger partial charge is 0.240 e. The van der Waals surface area contributed by atoms with Crippen LogP contribution in [0.15, 0.2) is 53.4 Å². The summed E-state index contributed by atoms with van der Waals surface area (Å²) in [6.07, 6.45) is 0.0405. The minimum Gasteiger partial charge on any atom is -0.326 e. The standard InChI is InChI=1S/C15H14ClIN2O3S/c16-11-1-7-14(8-2-11)23(21,22)18-10-9-15(20)19-13-5-3-12(17)4-6-13/h1-8,18H,9-10H2,(H,19,20). The molecule has 0 bridgehead atoms. The van der Waals surface area contributed by atoms with Crippen molar-refractivity contribution in [3.8, 4) is 0 Å². The first-order valence-corrected chi connectivity index (χ1v) is 9.61. The zero-order valence-electron chi connectivity index (χ0n) is 11.9.